The van der Waals surface area contributed by atoms with Crippen molar-refractivity contribution in [2.24, 2.45) is 0 Å². The number of hydrogen-bond donors (Lipinski definition) is 1. The Morgan fingerprint density at radius 2 is 1.70 bits per heavy atom. The van der Waals surface area contributed by atoms with Crippen molar-refractivity contribution in [3.05, 3.63) is 11.9 Å². The summed E-state index contributed by atoms with van der Waals surface area (Å²) in [7, 11) is -2.04. The second-order valence-electron chi connectivity index (χ2n) is 4.73. The predicted molar refractivity (Wildman–Crippen MR) is 82.6 cm³/mol. The summed E-state index contributed by atoms with van der Waals surface area (Å²) in [6.07, 6.45) is 2.20. The molecule has 8 heteroatoms. The van der Waals surface area contributed by atoms with E-state index in [9.17, 15) is 9.46 Å². The van der Waals surface area contributed by atoms with Gasteiger partial charge in [0.05, 0.1) is 6.61 Å². The van der Waals surface area contributed by atoms with Gasteiger partial charge >= 0.3 is 7.60 Å². The minimum Gasteiger partial charge on any atom is -0.338 e. The highest BCUT2D eigenvalue weighted by molar-refractivity contribution is 7.57. The number of rotatable bonds is 10. The van der Waals surface area contributed by atoms with Crippen LogP contribution in [0.1, 0.15) is 34.1 Å². The van der Waals surface area contributed by atoms with E-state index >= 15 is 0 Å². The maximum atomic E-state index is 11.7. The van der Waals surface area contributed by atoms with Crippen LogP contribution in [0.25, 0.3) is 0 Å². The van der Waals surface area contributed by atoms with E-state index in [2.05, 4.69) is 0 Å². The summed E-state index contributed by atoms with van der Waals surface area (Å²) in [5.41, 5.74) is 0. The van der Waals surface area contributed by atoms with Gasteiger partial charge in [0.15, 0.2) is 0 Å². The van der Waals surface area contributed by atoms with Crippen LogP contribution in [0, 0.1) is 0 Å². The van der Waals surface area contributed by atoms with Crippen molar-refractivity contribution in [1.29, 1.82) is 0 Å². The summed E-state index contributed by atoms with van der Waals surface area (Å²) in [5.74, 6) is 1.40. The highest BCUT2D eigenvalue weighted by atomic mass is 31.2. The molecule has 0 aromatic heterocycles. The van der Waals surface area contributed by atoms with Crippen molar-refractivity contribution in [1.82, 2.24) is 4.67 Å². The Hall–Kier alpha value is 0.200. The summed E-state index contributed by atoms with van der Waals surface area (Å²) in [5, 5.41) is 0. The van der Waals surface area contributed by atoms with E-state index in [1.54, 1.807) is 6.08 Å². The van der Waals surface area contributed by atoms with Crippen molar-refractivity contribution in [3.63, 3.8) is 0 Å². The van der Waals surface area contributed by atoms with Gasteiger partial charge in [-0.15, -0.1) is 0 Å². The van der Waals surface area contributed by atoms with E-state index in [1.807, 2.05) is 32.4 Å². The molecule has 0 aliphatic rings. The van der Waals surface area contributed by atoms with Crippen LogP contribution >= 0.6 is 16.1 Å². The summed E-state index contributed by atoms with van der Waals surface area (Å²) >= 11 is 0. The van der Waals surface area contributed by atoms with E-state index in [4.69, 9.17) is 13.6 Å². The molecule has 0 fully saturated rings. The SMILES string of the molecule is COP(=O)(C=CCCOP(O)N(C(C)C)C(C)C)OC. The first kappa shape index (κ1) is 20.2. The van der Waals surface area contributed by atoms with E-state index in [1.165, 1.54) is 20.0 Å². The molecule has 1 unspecified atom stereocenters. The zero-order valence-corrected chi connectivity index (χ0v) is 14.9. The highest BCUT2D eigenvalue weighted by Crippen LogP contribution is 2.48. The predicted octanol–water partition coefficient (Wildman–Crippen LogP) is 3.73. The van der Waals surface area contributed by atoms with Gasteiger partial charge in [0, 0.05) is 32.1 Å². The minimum atomic E-state index is -3.10. The molecule has 0 bridgehead atoms. The fourth-order valence-corrected chi connectivity index (χ4v) is 3.65. The maximum absolute atomic E-state index is 11.7. The Bertz CT molecular complexity index is 320. The van der Waals surface area contributed by atoms with Gasteiger partial charge < -0.3 is 18.5 Å². The molecule has 0 saturated heterocycles. The molecule has 0 rings (SSSR count). The molecule has 0 radical (unpaired) electrons. The van der Waals surface area contributed by atoms with Gasteiger partial charge in [0.1, 0.15) is 0 Å². The van der Waals surface area contributed by atoms with Crippen LogP contribution in [0.15, 0.2) is 11.9 Å². The van der Waals surface area contributed by atoms with Crippen LogP contribution in [0.2, 0.25) is 0 Å². The van der Waals surface area contributed by atoms with Crippen LogP contribution in [0.4, 0.5) is 0 Å². The average molecular weight is 327 g/mol. The fourth-order valence-electron chi connectivity index (χ4n) is 1.66. The lowest BCUT2D eigenvalue weighted by Gasteiger charge is -2.32. The van der Waals surface area contributed by atoms with Gasteiger partial charge in [-0.1, -0.05) is 6.08 Å². The van der Waals surface area contributed by atoms with Gasteiger partial charge in [-0.3, -0.25) is 4.57 Å². The number of hydrogen-bond acceptors (Lipinski definition) is 6. The second kappa shape index (κ2) is 10.0. The van der Waals surface area contributed by atoms with Gasteiger partial charge in [0.2, 0.25) is 0 Å². The Kier molecular flexibility index (Phi) is 10.1. The third-order valence-corrected chi connectivity index (χ3v) is 5.87. The molecule has 0 aliphatic heterocycles. The van der Waals surface area contributed by atoms with Crippen molar-refractivity contribution >= 4 is 16.1 Å². The van der Waals surface area contributed by atoms with E-state index < -0.39 is 16.1 Å². The Labute approximate surface area is 123 Å². The standard InChI is InChI=1S/C12H27NO5P2/c1-11(2)13(12(3)4)19(14)18-9-7-8-10-20(15,16-5)17-6/h8,10-12,14H,7,9H2,1-6H3. The van der Waals surface area contributed by atoms with Crippen molar-refractivity contribution < 1.29 is 23.0 Å². The second-order valence-corrected chi connectivity index (χ2v) is 8.07. The average Bonchev–Trinajstić information content (AvgIpc) is 2.37. The van der Waals surface area contributed by atoms with Crippen LogP contribution in [-0.4, -0.2) is 42.5 Å². The highest BCUT2D eigenvalue weighted by Gasteiger charge is 2.23. The van der Waals surface area contributed by atoms with Crippen LogP contribution in [0.3, 0.4) is 0 Å². The molecule has 120 valence electrons. The number of nitrogens with zero attached hydrogens (tertiary/aromatic N) is 1. The van der Waals surface area contributed by atoms with Crippen molar-refractivity contribution in [2.75, 3.05) is 20.8 Å². The van der Waals surface area contributed by atoms with Gasteiger partial charge in [0.25, 0.3) is 8.53 Å². The lowest BCUT2D eigenvalue weighted by Crippen LogP contribution is -2.32. The topological polar surface area (TPSA) is 68.2 Å². The summed E-state index contributed by atoms with van der Waals surface area (Å²) < 4.78 is 28.6. The van der Waals surface area contributed by atoms with Crippen molar-refractivity contribution in [3.8, 4) is 0 Å². The third-order valence-electron chi connectivity index (χ3n) is 2.54. The molecule has 0 aromatic carbocycles. The zero-order chi connectivity index (χ0) is 15.8. The summed E-state index contributed by atoms with van der Waals surface area (Å²) in [4.78, 5) is 10.0. The van der Waals surface area contributed by atoms with E-state index in [0.29, 0.717) is 13.0 Å². The normalized spacial score (nSPS) is 14.9. The summed E-state index contributed by atoms with van der Waals surface area (Å²) in [6, 6.07) is 0.424. The molecule has 0 amide bonds. The largest absolute Gasteiger partial charge is 0.353 e. The minimum absolute atomic E-state index is 0.212. The maximum Gasteiger partial charge on any atom is 0.353 e. The van der Waals surface area contributed by atoms with Crippen LogP contribution in [0.5, 0.6) is 0 Å². The molecular weight excluding hydrogens is 300 g/mol. The molecule has 1 N–H and O–H groups in total. The molecule has 20 heavy (non-hydrogen) atoms. The Morgan fingerprint density at radius 1 is 1.20 bits per heavy atom. The molecule has 6 nitrogen and oxygen atoms in total. The first-order chi connectivity index (χ1) is 9.27. The first-order valence-corrected chi connectivity index (χ1v) is 9.34. The molecular formula is C12H27NO5P2. The monoisotopic (exact) mass is 327 g/mol. The van der Waals surface area contributed by atoms with Crippen LogP contribution < -0.4 is 0 Å². The fraction of sp³-hybridized carbons (Fsp3) is 0.833. The van der Waals surface area contributed by atoms with Crippen molar-refractivity contribution in [2.45, 2.75) is 46.2 Å². The molecule has 0 aliphatic carbocycles. The third kappa shape index (κ3) is 7.28. The summed E-state index contributed by atoms with van der Waals surface area (Å²) in [6.45, 7) is 8.41. The Morgan fingerprint density at radius 3 is 2.10 bits per heavy atom. The molecule has 0 saturated carbocycles. The molecule has 0 aromatic rings. The lowest BCUT2D eigenvalue weighted by atomic mass is 10.3. The lowest BCUT2D eigenvalue weighted by molar-refractivity contribution is 0.215. The molecule has 0 heterocycles. The van der Waals surface area contributed by atoms with Gasteiger partial charge in [-0.2, -0.15) is 0 Å². The van der Waals surface area contributed by atoms with Crippen LogP contribution in [-0.2, 0) is 18.1 Å². The quantitative estimate of drug-likeness (QED) is 0.487. The van der Waals surface area contributed by atoms with Gasteiger partial charge in [-0.25, -0.2) is 4.67 Å². The zero-order valence-electron chi connectivity index (χ0n) is 13.1. The molecule has 0 spiro atoms. The Balaban J connectivity index is 4.18. The smallest absolute Gasteiger partial charge is 0.338 e. The molecule has 1 atom stereocenters. The van der Waals surface area contributed by atoms with Gasteiger partial charge in [-0.05, 0) is 34.1 Å². The van der Waals surface area contributed by atoms with E-state index in [-0.39, 0.29) is 12.1 Å². The van der Waals surface area contributed by atoms with E-state index in [0.717, 1.165) is 0 Å². The first-order valence-electron chi connectivity index (χ1n) is 6.56.